The number of halogens is 1. The van der Waals surface area contributed by atoms with Crippen LogP contribution in [0, 0.1) is 0 Å². The molecule has 2 N–H and O–H groups in total. The van der Waals surface area contributed by atoms with E-state index >= 15 is 0 Å². The van der Waals surface area contributed by atoms with Crippen LogP contribution in [0.3, 0.4) is 0 Å². The summed E-state index contributed by atoms with van der Waals surface area (Å²) >= 11 is 3.36. The van der Waals surface area contributed by atoms with Gasteiger partial charge in [0.1, 0.15) is 0 Å². The van der Waals surface area contributed by atoms with Gasteiger partial charge in [-0.3, -0.25) is 9.67 Å². The summed E-state index contributed by atoms with van der Waals surface area (Å²) in [6.45, 7) is 0. The first-order valence-electron chi connectivity index (χ1n) is 5.49. The first-order valence-corrected chi connectivity index (χ1v) is 6.29. The van der Waals surface area contributed by atoms with E-state index in [1.807, 2.05) is 31.6 Å². The third-order valence-electron chi connectivity index (χ3n) is 2.63. The summed E-state index contributed by atoms with van der Waals surface area (Å²) in [5.74, 6) is 0. The van der Waals surface area contributed by atoms with Gasteiger partial charge in [-0.25, -0.2) is 0 Å². The van der Waals surface area contributed by atoms with Crippen LogP contribution in [-0.4, -0.2) is 14.8 Å². The standard InChI is InChI=1S/C12H15BrN4/c1-17-8-9(6-16-17)2-4-11(14)12-5-3-10(13)7-15-12/h3,5-8,11H,2,4,14H2,1H3. The quantitative estimate of drug-likeness (QED) is 0.941. The fourth-order valence-electron chi connectivity index (χ4n) is 1.68. The Hall–Kier alpha value is -1.20. The largest absolute Gasteiger partial charge is 0.323 e. The highest BCUT2D eigenvalue weighted by molar-refractivity contribution is 9.10. The molecule has 2 aromatic rings. The third-order valence-corrected chi connectivity index (χ3v) is 3.10. The maximum Gasteiger partial charge on any atom is 0.0571 e. The summed E-state index contributed by atoms with van der Waals surface area (Å²) in [7, 11) is 1.92. The van der Waals surface area contributed by atoms with Crippen LogP contribution in [0.25, 0.3) is 0 Å². The molecular formula is C12H15BrN4. The van der Waals surface area contributed by atoms with Crippen molar-refractivity contribution in [3.63, 3.8) is 0 Å². The lowest BCUT2D eigenvalue weighted by atomic mass is 10.1. The lowest BCUT2D eigenvalue weighted by Gasteiger charge is -2.09. The summed E-state index contributed by atoms with van der Waals surface area (Å²) in [6.07, 6.45) is 7.47. The summed E-state index contributed by atoms with van der Waals surface area (Å²) in [6, 6.07) is 3.90. The minimum absolute atomic E-state index is 0.0247. The monoisotopic (exact) mass is 294 g/mol. The van der Waals surface area contributed by atoms with Gasteiger partial charge in [-0.05, 0) is 46.5 Å². The van der Waals surface area contributed by atoms with E-state index in [1.54, 1.807) is 10.9 Å². The Balaban J connectivity index is 1.93. The van der Waals surface area contributed by atoms with Crippen molar-refractivity contribution in [1.29, 1.82) is 0 Å². The SMILES string of the molecule is Cn1cc(CCC(N)c2ccc(Br)cn2)cn1. The van der Waals surface area contributed by atoms with E-state index in [0.717, 1.165) is 23.0 Å². The van der Waals surface area contributed by atoms with Crippen molar-refractivity contribution in [1.82, 2.24) is 14.8 Å². The molecule has 1 unspecified atom stereocenters. The molecule has 90 valence electrons. The molecule has 0 bridgehead atoms. The summed E-state index contributed by atoms with van der Waals surface area (Å²) in [5, 5.41) is 4.13. The van der Waals surface area contributed by atoms with Crippen LogP contribution in [0.15, 0.2) is 35.2 Å². The van der Waals surface area contributed by atoms with Crippen molar-refractivity contribution >= 4 is 15.9 Å². The normalized spacial score (nSPS) is 12.6. The first-order chi connectivity index (χ1) is 8.15. The fourth-order valence-corrected chi connectivity index (χ4v) is 1.91. The topological polar surface area (TPSA) is 56.7 Å². The van der Waals surface area contributed by atoms with E-state index < -0.39 is 0 Å². The van der Waals surface area contributed by atoms with E-state index in [9.17, 15) is 0 Å². The van der Waals surface area contributed by atoms with Crippen molar-refractivity contribution in [2.24, 2.45) is 12.8 Å². The molecule has 2 heterocycles. The zero-order valence-electron chi connectivity index (χ0n) is 9.68. The van der Waals surface area contributed by atoms with Gasteiger partial charge in [0.2, 0.25) is 0 Å². The van der Waals surface area contributed by atoms with E-state index in [-0.39, 0.29) is 6.04 Å². The molecule has 0 spiro atoms. The third kappa shape index (κ3) is 3.38. The van der Waals surface area contributed by atoms with Gasteiger partial charge in [-0.15, -0.1) is 0 Å². The highest BCUT2D eigenvalue weighted by atomic mass is 79.9. The van der Waals surface area contributed by atoms with Gasteiger partial charge in [0, 0.05) is 30.0 Å². The van der Waals surface area contributed by atoms with Gasteiger partial charge in [-0.1, -0.05) is 0 Å². The highest BCUT2D eigenvalue weighted by Gasteiger charge is 2.08. The molecule has 0 aliphatic heterocycles. The minimum atomic E-state index is -0.0247. The van der Waals surface area contributed by atoms with Crippen molar-refractivity contribution in [2.45, 2.75) is 18.9 Å². The number of aryl methyl sites for hydroxylation is 2. The highest BCUT2D eigenvalue weighted by Crippen LogP contribution is 2.16. The summed E-state index contributed by atoms with van der Waals surface area (Å²) in [4.78, 5) is 4.30. The van der Waals surface area contributed by atoms with Crippen molar-refractivity contribution in [3.05, 3.63) is 46.5 Å². The van der Waals surface area contributed by atoms with Gasteiger partial charge in [0.15, 0.2) is 0 Å². The number of rotatable bonds is 4. The number of hydrogen-bond acceptors (Lipinski definition) is 3. The maximum atomic E-state index is 6.09. The lowest BCUT2D eigenvalue weighted by Crippen LogP contribution is -2.12. The number of pyridine rings is 1. The second-order valence-corrected chi connectivity index (χ2v) is 4.98. The summed E-state index contributed by atoms with van der Waals surface area (Å²) < 4.78 is 2.78. The van der Waals surface area contributed by atoms with Gasteiger partial charge < -0.3 is 5.73 Å². The molecule has 4 nitrogen and oxygen atoms in total. The van der Waals surface area contributed by atoms with Gasteiger partial charge in [-0.2, -0.15) is 5.10 Å². The van der Waals surface area contributed by atoms with Crippen molar-refractivity contribution < 1.29 is 0 Å². The molecule has 5 heteroatoms. The van der Waals surface area contributed by atoms with E-state index in [0.29, 0.717) is 0 Å². The van der Waals surface area contributed by atoms with Crippen LogP contribution in [0.2, 0.25) is 0 Å². The van der Waals surface area contributed by atoms with Gasteiger partial charge in [0.05, 0.1) is 11.9 Å². The predicted molar refractivity (Wildman–Crippen MR) is 70.4 cm³/mol. The second kappa shape index (κ2) is 5.42. The number of aromatic nitrogens is 3. The smallest absolute Gasteiger partial charge is 0.0571 e. The molecule has 0 saturated carbocycles. The Morgan fingerprint density at radius 3 is 2.82 bits per heavy atom. The lowest BCUT2D eigenvalue weighted by molar-refractivity contribution is 0.633. The molecule has 2 rings (SSSR count). The molecule has 0 amide bonds. The predicted octanol–water partition coefficient (Wildman–Crippen LogP) is 2.21. The van der Waals surface area contributed by atoms with Crippen LogP contribution in [-0.2, 0) is 13.5 Å². The Kier molecular flexibility index (Phi) is 3.91. The molecule has 2 aromatic heterocycles. The van der Waals surface area contributed by atoms with Crippen LogP contribution < -0.4 is 5.73 Å². The second-order valence-electron chi connectivity index (χ2n) is 4.07. The average molecular weight is 295 g/mol. The molecule has 0 aromatic carbocycles. The van der Waals surface area contributed by atoms with Crippen LogP contribution >= 0.6 is 15.9 Å². The molecule has 0 aliphatic rings. The molecular weight excluding hydrogens is 280 g/mol. The molecule has 17 heavy (non-hydrogen) atoms. The Labute approximate surface area is 109 Å². The number of nitrogens with zero attached hydrogens (tertiary/aromatic N) is 3. The molecule has 0 saturated heterocycles. The van der Waals surface area contributed by atoms with E-state index in [4.69, 9.17) is 5.73 Å². The van der Waals surface area contributed by atoms with Crippen LogP contribution in [0.1, 0.15) is 23.7 Å². The van der Waals surface area contributed by atoms with Crippen molar-refractivity contribution in [2.75, 3.05) is 0 Å². The summed E-state index contributed by atoms with van der Waals surface area (Å²) in [5.41, 5.74) is 8.23. The van der Waals surface area contributed by atoms with Crippen molar-refractivity contribution in [3.8, 4) is 0 Å². The van der Waals surface area contributed by atoms with E-state index in [2.05, 4.69) is 26.0 Å². The van der Waals surface area contributed by atoms with Gasteiger partial charge in [0.25, 0.3) is 0 Å². The number of hydrogen-bond donors (Lipinski definition) is 1. The zero-order chi connectivity index (χ0) is 12.3. The van der Waals surface area contributed by atoms with Crippen LogP contribution in [0.5, 0.6) is 0 Å². The Morgan fingerprint density at radius 2 is 2.24 bits per heavy atom. The zero-order valence-corrected chi connectivity index (χ0v) is 11.3. The molecule has 1 atom stereocenters. The van der Waals surface area contributed by atoms with Gasteiger partial charge >= 0.3 is 0 Å². The first kappa shape index (κ1) is 12.3. The fraction of sp³-hybridized carbons (Fsp3) is 0.333. The Bertz CT molecular complexity index is 478. The average Bonchev–Trinajstić information content (AvgIpc) is 2.73. The van der Waals surface area contributed by atoms with E-state index in [1.165, 1.54) is 5.56 Å². The van der Waals surface area contributed by atoms with Crippen LogP contribution in [0.4, 0.5) is 0 Å². The number of nitrogens with two attached hydrogens (primary N) is 1. The molecule has 0 fully saturated rings. The Morgan fingerprint density at radius 1 is 1.41 bits per heavy atom. The molecule has 0 aliphatic carbocycles. The molecule has 0 radical (unpaired) electrons. The maximum absolute atomic E-state index is 6.09. The minimum Gasteiger partial charge on any atom is -0.323 e.